The molecule has 0 aliphatic carbocycles. The Morgan fingerprint density at radius 1 is 1.05 bits per heavy atom. The molecule has 0 radical (unpaired) electrons. The molecule has 2 amide bonds. The third kappa shape index (κ3) is 9.02. The summed E-state index contributed by atoms with van der Waals surface area (Å²) in [6.07, 6.45) is 3.03. The maximum atomic E-state index is 11.8. The van der Waals surface area contributed by atoms with E-state index < -0.39 is 0 Å². The molecule has 0 aromatic carbocycles. The first-order chi connectivity index (χ1) is 8.86. The monoisotopic (exact) mass is 268 g/mol. The number of hydrogen-bond acceptors (Lipinski definition) is 3. The molecular formula is C14H24N2O3. The van der Waals surface area contributed by atoms with Crippen LogP contribution in [0.5, 0.6) is 0 Å². The predicted molar refractivity (Wildman–Crippen MR) is 75.5 cm³/mol. The number of aliphatic hydroxyl groups excluding tert-OH is 1. The Kier molecular flexibility index (Phi) is 8.53. The highest BCUT2D eigenvalue weighted by Gasteiger charge is 2.10. The third-order valence-corrected chi connectivity index (χ3v) is 2.19. The van der Waals surface area contributed by atoms with E-state index in [9.17, 15) is 9.59 Å². The van der Waals surface area contributed by atoms with Gasteiger partial charge in [0.25, 0.3) is 0 Å². The van der Waals surface area contributed by atoms with Crippen LogP contribution in [-0.4, -0.2) is 48.1 Å². The maximum absolute atomic E-state index is 11.8. The number of allylic oxidation sites excluding steroid dienone is 2. The number of carbonyl (C=O) groups excluding carboxylic acids is 2. The van der Waals surface area contributed by atoms with Crippen molar-refractivity contribution in [1.82, 2.24) is 10.2 Å². The second kappa shape index (κ2) is 9.33. The van der Waals surface area contributed by atoms with Crippen molar-refractivity contribution in [2.75, 3.05) is 26.2 Å². The molecule has 0 unspecified atom stereocenters. The van der Waals surface area contributed by atoms with Gasteiger partial charge >= 0.3 is 0 Å². The average molecular weight is 268 g/mol. The molecule has 0 heterocycles. The highest BCUT2D eigenvalue weighted by molar-refractivity contribution is 5.89. The molecule has 0 saturated carbocycles. The van der Waals surface area contributed by atoms with E-state index in [1.54, 1.807) is 0 Å². The van der Waals surface area contributed by atoms with Gasteiger partial charge in [-0.3, -0.25) is 9.59 Å². The maximum Gasteiger partial charge on any atom is 0.246 e. The fraction of sp³-hybridized carbons (Fsp3) is 0.571. The predicted octanol–water partition coefficient (Wildman–Crippen LogP) is 0.856. The van der Waals surface area contributed by atoms with Gasteiger partial charge in [0.15, 0.2) is 0 Å². The highest BCUT2D eigenvalue weighted by Crippen LogP contribution is 1.96. The molecule has 0 saturated heterocycles. The molecule has 0 aromatic rings. The van der Waals surface area contributed by atoms with Crippen molar-refractivity contribution in [3.8, 4) is 0 Å². The molecule has 0 aliphatic rings. The fourth-order valence-corrected chi connectivity index (χ4v) is 1.42. The van der Waals surface area contributed by atoms with Gasteiger partial charge in [0, 0.05) is 31.8 Å². The summed E-state index contributed by atoms with van der Waals surface area (Å²) < 4.78 is 0. The topological polar surface area (TPSA) is 69.6 Å². The van der Waals surface area contributed by atoms with Crippen LogP contribution in [-0.2, 0) is 9.59 Å². The molecule has 0 aliphatic heterocycles. The summed E-state index contributed by atoms with van der Waals surface area (Å²) in [5.41, 5.74) is 1.83. The molecule has 0 rings (SSSR count). The molecule has 5 heteroatoms. The number of rotatable bonds is 7. The Morgan fingerprint density at radius 3 is 2.11 bits per heavy atom. The summed E-state index contributed by atoms with van der Waals surface area (Å²) in [4.78, 5) is 24.7. The third-order valence-electron chi connectivity index (χ3n) is 2.19. The lowest BCUT2D eigenvalue weighted by Crippen LogP contribution is -2.39. The van der Waals surface area contributed by atoms with Gasteiger partial charge in [0.05, 0.1) is 6.61 Å². The van der Waals surface area contributed by atoms with Crippen LogP contribution >= 0.6 is 0 Å². The first kappa shape index (κ1) is 17.4. The van der Waals surface area contributed by atoms with Gasteiger partial charge in [0.2, 0.25) is 11.8 Å². The summed E-state index contributed by atoms with van der Waals surface area (Å²) in [5.74, 6) is -0.316. The van der Waals surface area contributed by atoms with E-state index in [1.807, 2.05) is 27.7 Å². The van der Waals surface area contributed by atoms with Crippen molar-refractivity contribution in [3.63, 3.8) is 0 Å². The first-order valence-corrected chi connectivity index (χ1v) is 6.34. The van der Waals surface area contributed by atoms with Crippen LogP contribution in [0.25, 0.3) is 0 Å². The number of aliphatic hydroxyl groups is 1. The van der Waals surface area contributed by atoms with Crippen LogP contribution in [0.2, 0.25) is 0 Å². The molecule has 19 heavy (non-hydrogen) atoms. The van der Waals surface area contributed by atoms with Gasteiger partial charge in [-0.2, -0.15) is 0 Å². The van der Waals surface area contributed by atoms with Crippen LogP contribution in [0.4, 0.5) is 0 Å². The van der Waals surface area contributed by atoms with E-state index in [-0.39, 0.29) is 25.0 Å². The Balaban J connectivity index is 4.30. The molecular weight excluding hydrogens is 244 g/mol. The minimum atomic E-state index is -0.168. The van der Waals surface area contributed by atoms with Crippen LogP contribution in [0.3, 0.4) is 0 Å². The van der Waals surface area contributed by atoms with Crippen LogP contribution in [0.15, 0.2) is 23.3 Å². The number of hydrogen-bond donors (Lipinski definition) is 2. The van der Waals surface area contributed by atoms with E-state index in [0.717, 1.165) is 11.1 Å². The van der Waals surface area contributed by atoms with Gasteiger partial charge in [-0.1, -0.05) is 11.1 Å². The minimum absolute atomic E-state index is 0.0930. The Hall–Kier alpha value is -1.62. The van der Waals surface area contributed by atoms with Crippen molar-refractivity contribution in [2.45, 2.75) is 27.7 Å². The zero-order valence-electron chi connectivity index (χ0n) is 12.2. The first-order valence-electron chi connectivity index (χ1n) is 6.34. The van der Waals surface area contributed by atoms with Crippen LogP contribution < -0.4 is 5.32 Å². The number of carbonyl (C=O) groups is 2. The zero-order valence-corrected chi connectivity index (χ0v) is 12.2. The largest absolute Gasteiger partial charge is 0.395 e. The molecule has 0 aromatic heterocycles. The van der Waals surface area contributed by atoms with Gasteiger partial charge < -0.3 is 15.3 Å². The molecule has 0 fully saturated rings. The molecule has 108 valence electrons. The smallest absolute Gasteiger partial charge is 0.246 e. The second-order valence-corrected chi connectivity index (χ2v) is 4.78. The second-order valence-electron chi connectivity index (χ2n) is 4.78. The van der Waals surface area contributed by atoms with Crippen molar-refractivity contribution in [1.29, 1.82) is 0 Å². The van der Waals surface area contributed by atoms with Gasteiger partial charge in [-0.25, -0.2) is 0 Å². The van der Waals surface area contributed by atoms with Gasteiger partial charge in [-0.15, -0.1) is 0 Å². The summed E-state index contributed by atoms with van der Waals surface area (Å²) in [6, 6.07) is 0. The van der Waals surface area contributed by atoms with Crippen LogP contribution in [0.1, 0.15) is 27.7 Å². The van der Waals surface area contributed by atoms with E-state index in [2.05, 4.69) is 5.32 Å². The van der Waals surface area contributed by atoms with Gasteiger partial charge in [-0.05, 0) is 27.7 Å². The SMILES string of the molecule is CC(C)=CC(=O)NCCN(CCO)C(=O)C=C(C)C. The Labute approximate surface area is 115 Å². The number of nitrogens with zero attached hydrogens (tertiary/aromatic N) is 1. The molecule has 5 nitrogen and oxygen atoms in total. The molecule has 2 N–H and O–H groups in total. The number of nitrogens with one attached hydrogen (secondary N) is 1. The van der Waals surface area contributed by atoms with Crippen molar-refractivity contribution >= 4 is 11.8 Å². The van der Waals surface area contributed by atoms with Crippen molar-refractivity contribution in [3.05, 3.63) is 23.3 Å². The highest BCUT2D eigenvalue weighted by atomic mass is 16.3. The Bertz CT molecular complexity index is 365. The summed E-state index contributed by atoms with van der Waals surface area (Å²) in [6.45, 7) is 8.28. The van der Waals surface area contributed by atoms with E-state index in [4.69, 9.17) is 5.11 Å². The average Bonchev–Trinajstić information content (AvgIpc) is 2.25. The van der Waals surface area contributed by atoms with E-state index in [0.29, 0.717) is 13.1 Å². The summed E-state index contributed by atoms with van der Waals surface area (Å²) in [5, 5.41) is 11.6. The summed E-state index contributed by atoms with van der Waals surface area (Å²) in [7, 11) is 0. The van der Waals surface area contributed by atoms with Crippen molar-refractivity contribution < 1.29 is 14.7 Å². The number of amides is 2. The zero-order chi connectivity index (χ0) is 14.8. The standard InChI is InChI=1S/C14H24N2O3/c1-11(2)9-13(18)15-5-6-16(7-8-17)14(19)10-12(3)4/h9-10,17H,5-8H2,1-4H3,(H,15,18). The lowest BCUT2D eigenvalue weighted by Gasteiger charge is -2.20. The lowest BCUT2D eigenvalue weighted by atomic mass is 10.3. The fourth-order valence-electron chi connectivity index (χ4n) is 1.42. The quantitative estimate of drug-likeness (QED) is 0.673. The lowest BCUT2D eigenvalue weighted by molar-refractivity contribution is -0.127. The van der Waals surface area contributed by atoms with Gasteiger partial charge in [0.1, 0.15) is 0 Å². The molecule has 0 spiro atoms. The Morgan fingerprint density at radius 2 is 1.63 bits per heavy atom. The van der Waals surface area contributed by atoms with Crippen molar-refractivity contribution in [2.24, 2.45) is 0 Å². The van der Waals surface area contributed by atoms with Crippen LogP contribution in [0, 0.1) is 0 Å². The van der Waals surface area contributed by atoms with E-state index in [1.165, 1.54) is 17.1 Å². The molecule has 0 atom stereocenters. The summed E-state index contributed by atoms with van der Waals surface area (Å²) >= 11 is 0. The van der Waals surface area contributed by atoms with E-state index >= 15 is 0 Å². The minimum Gasteiger partial charge on any atom is -0.395 e. The normalized spacial score (nSPS) is 9.53. The molecule has 0 bridgehead atoms.